The number of hydrogen-bond acceptors (Lipinski definition) is 2. The number of furan rings is 1. The van der Waals surface area contributed by atoms with Crippen LogP contribution in [-0.2, 0) is 13.1 Å². The van der Waals surface area contributed by atoms with Gasteiger partial charge in [-0.1, -0.05) is 42.5 Å². The summed E-state index contributed by atoms with van der Waals surface area (Å²) >= 11 is 0. The maximum atomic E-state index is 12.5. The van der Waals surface area contributed by atoms with Crippen LogP contribution in [0.1, 0.15) is 40.1 Å². The normalized spacial score (nSPS) is 14.8. The Morgan fingerprint density at radius 3 is 2.46 bits per heavy atom. The molecule has 0 atom stereocenters. The average Bonchev–Trinajstić information content (AvgIpc) is 3.29. The van der Waals surface area contributed by atoms with Crippen LogP contribution in [0.5, 0.6) is 0 Å². The van der Waals surface area contributed by atoms with Crippen LogP contribution in [0.2, 0.25) is 0 Å². The lowest BCUT2D eigenvalue weighted by molar-refractivity contribution is -0.901. The van der Waals surface area contributed by atoms with Crippen LogP contribution in [0, 0.1) is 6.92 Å². The summed E-state index contributed by atoms with van der Waals surface area (Å²) in [6, 6.07) is 16.3. The zero-order valence-electron chi connectivity index (χ0n) is 15.2. The van der Waals surface area contributed by atoms with E-state index in [2.05, 4.69) is 29.6 Å². The van der Waals surface area contributed by atoms with Crippen molar-refractivity contribution < 1.29 is 14.1 Å². The summed E-state index contributed by atoms with van der Waals surface area (Å²) in [5.74, 6) is 0.241. The average molecular weight is 349 g/mol. The zero-order valence-corrected chi connectivity index (χ0v) is 15.2. The van der Waals surface area contributed by atoms with Gasteiger partial charge in [0.25, 0.3) is 5.91 Å². The van der Waals surface area contributed by atoms with E-state index in [4.69, 9.17) is 4.42 Å². The van der Waals surface area contributed by atoms with Gasteiger partial charge in [-0.25, -0.2) is 0 Å². The Labute approximate surface area is 153 Å². The molecule has 134 valence electrons. The summed E-state index contributed by atoms with van der Waals surface area (Å²) in [7, 11) is 0. The van der Waals surface area contributed by atoms with Gasteiger partial charge >= 0.3 is 0 Å². The Balaban J connectivity index is 1.38. The van der Waals surface area contributed by atoms with E-state index < -0.39 is 0 Å². The first-order valence-electron chi connectivity index (χ1n) is 9.38. The van der Waals surface area contributed by atoms with Crippen LogP contribution < -0.4 is 10.2 Å². The van der Waals surface area contributed by atoms with Gasteiger partial charge in [-0.15, -0.1) is 0 Å². The first kappa shape index (κ1) is 16.9. The second-order valence-electron chi connectivity index (χ2n) is 7.19. The van der Waals surface area contributed by atoms with E-state index >= 15 is 0 Å². The molecule has 1 aliphatic rings. The van der Waals surface area contributed by atoms with Crippen molar-refractivity contribution >= 4 is 16.9 Å². The second-order valence-corrected chi connectivity index (χ2v) is 7.19. The molecular formula is C22H25N2O2+. The predicted octanol–water partition coefficient (Wildman–Crippen LogP) is 2.85. The van der Waals surface area contributed by atoms with Crippen molar-refractivity contribution in [3.05, 3.63) is 71.0 Å². The Hall–Kier alpha value is -2.59. The maximum absolute atomic E-state index is 12.5. The van der Waals surface area contributed by atoms with Crippen molar-refractivity contribution in [1.29, 1.82) is 0 Å². The molecule has 0 bridgehead atoms. The Morgan fingerprint density at radius 1 is 1.04 bits per heavy atom. The third-order valence-corrected chi connectivity index (χ3v) is 5.29. The summed E-state index contributed by atoms with van der Waals surface area (Å²) < 4.78 is 5.73. The quantitative estimate of drug-likeness (QED) is 0.744. The van der Waals surface area contributed by atoms with Crippen molar-refractivity contribution in [3.8, 4) is 0 Å². The van der Waals surface area contributed by atoms with E-state index in [0.717, 1.165) is 28.6 Å². The number of carbonyl (C=O) groups is 1. The zero-order chi connectivity index (χ0) is 17.9. The molecule has 0 unspecified atom stereocenters. The van der Waals surface area contributed by atoms with Gasteiger partial charge < -0.3 is 14.6 Å². The van der Waals surface area contributed by atoms with E-state index in [9.17, 15) is 4.79 Å². The molecule has 0 radical (unpaired) electrons. The number of para-hydroxylation sites is 1. The fourth-order valence-corrected chi connectivity index (χ4v) is 3.77. The largest absolute Gasteiger partial charge is 0.451 e. The number of hydrogen-bond donors (Lipinski definition) is 2. The Bertz CT molecular complexity index is 906. The van der Waals surface area contributed by atoms with Crippen molar-refractivity contribution in [1.82, 2.24) is 5.32 Å². The fourth-order valence-electron chi connectivity index (χ4n) is 3.77. The minimum Gasteiger partial charge on any atom is -0.451 e. The lowest BCUT2D eigenvalue weighted by Crippen LogP contribution is -3.08. The first-order chi connectivity index (χ1) is 12.7. The van der Waals surface area contributed by atoms with E-state index in [1.807, 2.05) is 31.2 Å². The van der Waals surface area contributed by atoms with Gasteiger partial charge in [0.1, 0.15) is 12.1 Å². The van der Waals surface area contributed by atoms with Gasteiger partial charge in [0, 0.05) is 35.9 Å². The molecule has 4 heteroatoms. The number of nitrogens with one attached hydrogen (secondary N) is 2. The SMILES string of the molecule is Cc1c(C(=O)NCc2ccc(C[NH+]3CCCC3)cc2)oc2ccccc12. The van der Waals surface area contributed by atoms with Crippen LogP contribution >= 0.6 is 0 Å². The van der Waals surface area contributed by atoms with Gasteiger partial charge in [-0.05, 0) is 18.6 Å². The van der Waals surface area contributed by atoms with E-state index in [-0.39, 0.29) is 5.91 Å². The minimum atomic E-state index is -0.163. The summed E-state index contributed by atoms with van der Waals surface area (Å²) in [4.78, 5) is 14.2. The Morgan fingerprint density at radius 2 is 1.73 bits per heavy atom. The van der Waals surface area contributed by atoms with Crippen molar-refractivity contribution in [2.45, 2.75) is 32.9 Å². The molecule has 2 N–H and O–H groups in total. The molecule has 3 aromatic rings. The molecule has 0 aliphatic carbocycles. The number of carbonyl (C=O) groups excluding carboxylic acids is 1. The van der Waals surface area contributed by atoms with Crippen molar-refractivity contribution in [2.75, 3.05) is 13.1 Å². The molecular weight excluding hydrogens is 324 g/mol. The highest BCUT2D eigenvalue weighted by atomic mass is 16.3. The van der Waals surface area contributed by atoms with Gasteiger partial charge in [0.15, 0.2) is 5.76 Å². The van der Waals surface area contributed by atoms with E-state index in [1.54, 1.807) is 4.90 Å². The highest BCUT2D eigenvalue weighted by molar-refractivity contribution is 5.98. The molecule has 4 nitrogen and oxygen atoms in total. The summed E-state index contributed by atoms with van der Waals surface area (Å²) in [5.41, 5.74) is 4.11. The van der Waals surface area contributed by atoms with E-state index in [1.165, 1.54) is 31.5 Å². The molecule has 0 spiro atoms. The molecule has 1 aliphatic heterocycles. The smallest absolute Gasteiger partial charge is 0.287 e. The summed E-state index contributed by atoms with van der Waals surface area (Å²) in [5, 5.41) is 3.96. The van der Waals surface area contributed by atoms with Crippen LogP contribution in [0.25, 0.3) is 11.0 Å². The third kappa shape index (κ3) is 3.51. The highest BCUT2D eigenvalue weighted by Crippen LogP contribution is 2.24. The predicted molar refractivity (Wildman–Crippen MR) is 102 cm³/mol. The second kappa shape index (κ2) is 7.34. The lowest BCUT2D eigenvalue weighted by Gasteiger charge is -2.12. The highest BCUT2D eigenvalue weighted by Gasteiger charge is 2.17. The molecule has 1 fully saturated rings. The molecule has 2 heterocycles. The van der Waals surface area contributed by atoms with Crippen LogP contribution in [0.3, 0.4) is 0 Å². The number of fused-ring (bicyclic) bond motifs is 1. The van der Waals surface area contributed by atoms with Crippen LogP contribution in [0.15, 0.2) is 52.9 Å². The minimum absolute atomic E-state index is 0.163. The number of quaternary nitrogens is 1. The molecule has 1 aromatic heterocycles. The number of aryl methyl sites for hydroxylation is 1. The number of amides is 1. The molecule has 26 heavy (non-hydrogen) atoms. The monoisotopic (exact) mass is 349 g/mol. The molecule has 2 aromatic carbocycles. The number of benzene rings is 2. The molecule has 1 saturated heterocycles. The third-order valence-electron chi connectivity index (χ3n) is 5.29. The van der Waals surface area contributed by atoms with Gasteiger partial charge in [-0.2, -0.15) is 0 Å². The fraction of sp³-hybridized carbons (Fsp3) is 0.318. The lowest BCUT2D eigenvalue weighted by atomic mass is 10.1. The van der Waals surface area contributed by atoms with E-state index in [0.29, 0.717) is 12.3 Å². The molecule has 1 amide bonds. The number of likely N-dealkylation sites (tertiary alicyclic amines) is 1. The summed E-state index contributed by atoms with van der Waals surface area (Å²) in [6.45, 7) is 6.11. The van der Waals surface area contributed by atoms with Crippen molar-refractivity contribution in [2.24, 2.45) is 0 Å². The van der Waals surface area contributed by atoms with Gasteiger partial charge in [0.05, 0.1) is 13.1 Å². The number of rotatable bonds is 5. The van der Waals surface area contributed by atoms with Crippen LogP contribution in [0.4, 0.5) is 0 Å². The summed E-state index contributed by atoms with van der Waals surface area (Å²) in [6.07, 6.45) is 2.70. The Kier molecular flexibility index (Phi) is 4.76. The van der Waals surface area contributed by atoms with Gasteiger partial charge in [-0.3, -0.25) is 4.79 Å². The van der Waals surface area contributed by atoms with Crippen LogP contribution in [-0.4, -0.2) is 19.0 Å². The molecule has 4 rings (SSSR count). The maximum Gasteiger partial charge on any atom is 0.287 e. The standard InChI is InChI=1S/C22H24N2O2/c1-16-19-6-2-3-7-20(19)26-21(16)22(25)23-14-17-8-10-18(11-9-17)15-24-12-4-5-13-24/h2-3,6-11H,4-5,12-15H2,1H3,(H,23,25)/p+1. The van der Waals surface area contributed by atoms with Crippen molar-refractivity contribution in [3.63, 3.8) is 0 Å². The topological polar surface area (TPSA) is 46.7 Å². The molecule has 0 saturated carbocycles. The van der Waals surface area contributed by atoms with Gasteiger partial charge in [0.2, 0.25) is 0 Å². The first-order valence-corrected chi connectivity index (χ1v) is 9.38.